The normalized spacial score (nSPS) is 18.4. The van der Waals surface area contributed by atoms with E-state index >= 15 is 0 Å². The Morgan fingerprint density at radius 1 is 1.15 bits per heavy atom. The highest BCUT2D eigenvalue weighted by Crippen LogP contribution is 2.32. The summed E-state index contributed by atoms with van der Waals surface area (Å²) in [5, 5.41) is 5.84. The van der Waals surface area contributed by atoms with E-state index in [1.165, 1.54) is 17.7 Å². The number of nitrogens with one attached hydrogen (secondary N) is 2. The molecule has 4 rings (SSSR count). The minimum Gasteiger partial charge on any atom is -0.379 e. The number of benzene rings is 2. The Hall–Kier alpha value is -2.70. The average Bonchev–Trinajstić information content (AvgIpc) is 3.00. The largest absolute Gasteiger partial charge is 0.379 e. The molecule has 0 bridgehead atoms. The molecule has 140 valence electrons. The number of carbonyl (C=O) groups excluding carboxylic acids is 1. The molecule has 6 heteroatoms. The number of nitrogens with zero attached hydrogens (tertiary/aromatic N) is 1. The van der Waals surface area contributed by atoms with Crippen LogP contribution in [0.5, 0.6) is 0 Å². The molecule has 0 saturated carbocycles. The molecular formula is C21H22FN3O2. The van der Waals surface area contributed by atoms with E-state index in [0.29, 0.717) is 16.8 Å². The number of amides is 1. The smallest absolute Gasteiger partial charge is 0.257 e. The minimum absolute atomic E-state index is 0.231. The molecule has 5 nitrogen and oxygen atoms in total. The van der Waals surface area contributed by atoms with Crippen molar-refractivity contribution >= 4 is 22.9 Å². The number of hydrogen-bond acceptors (Lipinski definition) is 4. The molecule has 1 amide bonds. The quantitative estimate of drug-likeness (QED) is 0.798. The van der Waals surface area contributed by atoms with Crippen LogP contribution in [-0.4, -0.2) is 43.7 Å². The van der Waals surface area contributed by atoms with Crippen LogP contribution in [0.15, 0.2) is 48.7 Å². The average molecular weight is 367 g/mol. The fourth-order valence-corrected chi connectivity index (χ4v) is 3.35. The van der Waals surface area contributed by atoms with Gasteiger partial charge in [-0.05, 0) is 42.3 Å². The highest BCUT2D eigenvalue weighted by molar-refractivity contribution is 6.31. The Morgan fingerprint density at radius 3 is 2.70 bits per heavy atom. The van der Waals surface area contributed by atoms with Crippen LogP contribution in [0.3, 0.4) is 0 Å². The van der Waals surface area contributed by atoms with Gasteiger partial charge in [0, 0.05) is 37.1 Å². The number of rotatable bonds is 5. The molecule has 0 atom stereocenters. The third-order valence-corrected chi connectivity index (χ3v) is 4.92. The maximum atomic E-state index is 13.3. The Morgan fingerprint density at radius 2 is 1.93 bits per heavy atom. The minimum atomic E-state index is -0.365. The molecule has 2 aliphatic heterocycles. The lowest BCUT2D eigenvalue weighted by Crippen LogP contribution is -2.37. The van der Waals surface area contributed by atoms with Gasteiger partial charge in [0.05, 0.1) is 24.5 Å². The summed E-state index contributed by atoms with van der Waals surface area (Å²) < 4.78 is 18.7. The van der Waals surface area contributed by atoms with Crippen molar-refractivity contribution in [3.05, 3.63) is 65.6 Å². The SMILES string of the molecule is O=C1Nc2cc(F)ccc2C1=CNc1ccc(CCN2CCOCC2)cc1. The summed E-state index contributed by atoms with van der Waals surface area (Å²) in [5.41, 5.74) is 3.89. The van der Waals surface area contributed by atoms with Crippen molar-refractivity contribution in [1.82, 2.24) is 4.90 Å². The standard InChI is InChI=1S/C21H22FN3O2/c22-16-3-6-18-19(21(26)24-20(18)13-16)14-23-17-4-1-15(2-5-17)7-8-25-9-11-27-12-10-25/h1-6,13-14,23H,7-12H2,(H,24,26). The molecule has 0 aliphatic carbocycles. The molecule has 2 aliphatic rings. The Kier molecular flexibility index (Phi) is 5.18. The lowest BCUT2D eigenvalue weighted by molar-refractivity contribution is -0.110. The highest BCUT2D eigenvalue weighted by Gasteiger charge is 2.24. The first-order valence-electron chi connectivity index (χ1n) is 9.16. The third-order valence-electron chi connectivity index (χ3n) is 4.92. The molecule has 2 heterocycles. The van der Waals surface area contributed by atoms with Crippen LogP contribution in [0.25, 0.3) is 5.57 Å². The van der Waals surface area contributed by atoms with E-state index in [1.54, 1.807) is 12.3 Å². The molecule has 2 aromatic carbocycles. The van der Waals surface area contributed by atoms with Crippen molar-refractivity contribution in [3.8, 4) is 0 Å². The predicted molar refractivity (Wildman–Crippen MR) is 104 cm³/mol. The summed E-state index contributed by atoms with van der Waals surface area (Å²) in [6.45, 7) is 4.68. The number of halogens is 1. The topological polar surface area (TPSA) is 53.6 Å². The van der Waals surface area contributed by atoms with Gasteiger partial charge in [-0.25, -0.2) is 4.39 Å². The van der Waals surface area contributed by atoms with Gasteiger partial charge in [-0.2, -0.15) is 0 Å². The van der Waals surface area contributed by atoms with Crippen molar-refractivity contribution < 1.29 is 13.9 Å². The first-order chi connectivity index (χ1) is 13.2. The zero-order valence-corrected chi connectivity index (χ0v) is 15.0. The summed E-state index contributed by atoms with van der Waals surface area (Å²) in [6.07, 6.45) is 2.67. The molecule has 0 radical (unpaired) electrons. The van der Waals surface area contributed by atoms with E-state index < -0.39 is 0 Å². The molecule has 1 fully saturated rings. The van der Waals surface area contributed by atoms with Gasteiger partial charge >= 0.3 is 0 Å². The molecule has 2 N–H and O–H groups in total. The van der Waals surface area contributed by atoms with Gasteiger partial charge in [-0.15, -0.1) is 0 Å². The molecule has 1 saturated heterocycles. The van der Waals surface area contributed by atoms with Crippen molar-refractivity contribution in [3.63, 3.8) is 0 Å². The van der Waals surface area contributed by atoms with Crippen molar-refractivity contribution in [1.29, 1.82) is 0 Å². The number of ether oxygens (including phenoxy) is 1. The monoisotopic (exact) mass is 367 g/mol. The molecule has 0 aromatic heterocycles. The number of hydrogen-bond donors (Lipinski definition) is 2. The zero-order chi connectivity index (χ0) is 18.6. The number of morpholine rings is 1. The Labute approximate surface area is 157 Å². The van der Waals surface area contributed by atoms with Gasteiger partial charge in [-0.3, -0.25) is 9.69 Å². The van der Waals surface area contributed by atoms with E-state index in [0.717, 1.165) is 45.0 Å². The van der Waals surface area contributed by atoms with Gasteiger partial charge in [0.1, 0.15) is 5.82 Å². The number of carbonyl (C=O) groups is 1. The van der Waals surface area contributed by atoms with Gasteiger partial charge in [0.15, 0.2) is 0 Å². The Bertz CT molecular complexity index is 858. The number of fused-ring (bicyclic) bond motifs is 1. The van der Waals surface area contributed by atoms with E-state index in [-0.39, 0.29) is 11.7 Å². The van der Waals surface area contributed by atoms with Crippen molar-refractivity contribution in [2.24, 2.45) is 0 Å². The van der Waals surface area contributed by atoms with Gasteiger partial charge < -0.3 is 15.4 Å². The first-order valence-corrected chi connectivity index (χ1v) is 9.16. The lowest BCUT2D eigenvalue weighted by atomic mass is 10.1. The van der Waals surface area contributed by atoms with Crippen LogP contribution in [0.2, 0.25) is 0 Å². The molecule has 0 unspecified atom stereocenters. The van der Waals surface area contributed by atoms with E-state index in [2.05, 4.69) is 27.7 Å². The number of anilines is 2. The van der Waals surface area contributed by atoms with Gasteiger partial charge in [-0.1, -0.05) is 12.1 Å². The second kappa shape index (κ2) is 7.90. The van der Waals surface area contributed by atoms with Crippen LogP contribution in [0.4, 0.5) is 15.8 Å². The second-order valence-electron chi connectivity index (χ2n) is 6.75. The maximum absolute atomic E-state index is 13.3. The summed E-state index contributed by atoms with van der Waals surface area (Å²) in [7, 11) is 0. The van der Waals surface area contributed by atoms with E-state index in [4.69, 9.17) is 4.74 Å². The Balaban J connectivity index is 1.37. The van der Waals surface area contributed by atoms with Gasteiger partial charge in [0.2, 0.25) is 0 Å². The van der Waals surface area contributed by atoms with Crippen LogP contribution >= 0.6 is 0 Å². The molecule has 27 heavy (non-hydrogen) atoms. The third kappa shape index (κ3) is 4.18. The van der Waals surface area contributed by atoms with Crippen molar-refractivity contribution in [2.75, 3.05) is 43.5 Å². The van der Waals surface area contributed by atoms with Gasteiger partial charge in [0.25, 0.3) is 5.91 Å². The second-order valence-corrected chi connectivity index (χ2v) is 6.75. The van der Waals surface area contributed by atoms with Crippen LogP contribution in [0.1, 0.15) is 11.1 Å². The van der Waals surface area contributed by atoms with Crippen LogP contribution < -0.4 is 10.6 Å². The van der Waals surface area contributed by atoms with Crippen LogP contribution in [-0.2, 0) is 16.0 Å². The molecular weight excluding hydrogens is 345 g/mol. The van der Waals surface area contributed by atoms with Crippen molar-refractivity contribution in [2.45, 2.75) is 6.42 Å². The fourth-order valence-electron chi connectivity index (χ4n) is 3.35. The van der Waals surface area contributed by atoms with E-state index in [9.17, 15) is 9.18 Å². The summed E-state index contributed by atoms with van der Waals surface area (Å²) in [4.78, 5) is 14.5. The van der Waals surface area contributed by atoms with Crippen LogP contribution in [0, 0.1) is 5.82 Å². The zero-order valence-electron chi connectivity index (χ0n) is 15.0. The lowest BCUT2D eigenvalue weighted by Gasteiger charge is -2.26. The molecule has 2 aromatic rings. The first kappa shape index (κ1) is 17.7. The maximum Gasteiger partial charge on any atom is 0.257 e. The predicted octanol–water partition coefficient (Wildman–Crippen LogP) is 3.11. The summed E-state index contributed by atoms with van der Waals surface area (Å²) in [5.74, 6) is -0.596. The summed E-state index contributed by atoms with van der Waals surface area (Å²) in [6, 6.07) is 12.5. The summed E-state index contributed by atoms with van der Waals surface area (Å²) >= 11 is 0. The van der Waals surface area contributed by atoms with E-state index in [1.807, 2.05) is 12.1 Å². The molecule has 0 spiro atoms. The highest BCUT2D eigenvalue weighted by atomic mass is 19.1. The fraction of sp³-hybridized carbons (Fsp3) is 0.286.